The summed E-state index contributed by atoms with van der Waals surface area (Å²) < 4.78 is 0. The molecular formula is C40H44Cl2SiZr-2. The average molecular weight is 715 g/mol. The van der Waals surface area contributed by atoms with E-state index in [9.17, 15) is 0 Å². The second-order valence-corrected chi connectivity index (χ2v) is 19.0. The van der Waals surface area contributed by atoms with Crippen LogP contribution in [0.3, 0.4) is 0 Å². The van der Waals surface area contributed by atoms with Gasteiger partial charge in [-0.15, -0.1) is 46.2 Å². The van der Waals surface area contributed by atoms with Crippen LogP contribution in [-0.2, 0) is 34.2 Å². The molecule has 0 saturated heterocycles. The predicted molar refractivity (Wildman–Crippen MR) is 183 cm³/mol. The van der Waals surface area contributed by atoms with Gasteiger partial charge in [0.05, 0.1) is 0 Å². The molecule has 0 spiro atoms. The Bertz CT molecular complexity index is 1630. The van der Waals surface area contributed by atoms with Crippen LogP contribution in [0, 0.1) is 19.9 Å². The fourth-order valence-electron chi connectivity index (χ4n) is 5.04. The van der Waals surface area contributed by atoms with E-state index in [1.54, 1.807) is 23.3 Å². The van der Waals surface area contributed by atoms with E-state index in [2.05, 4.69) is 159 Å². The number of hydrogen-bond acceptors (Lipinski definition) is 0. The molecule has 1 aliphatic rings. The van der Waals surface area contributed by atoms with Crippen LogP contribution < -0.4 is 35.2 Å². The van der Waals surface area contributed by atoms with Crippen molar-refractivity contribution in [2.45, 2.75) is 72.6 Å². The van der Waals surface area contributed by atoms with Crippen molar-refractivity contribution in [1.29, 1.82) is 0 Å². The molecule has 0 radical (unpaired) electrons. The van der Waals surface area contributed by atoms with Gasteiger partial charge in [-0.3, -0.25) is 6.08 Å². The van der Waals surface area contributed by atoms with Crippen LogP contribution in [0.5, 0.6) is 0 Å². The molecule has 44 heavy (non-hydrogen) atoms. The first kappa shape index (κ1) is 38.1. The molecule has 0 amide bonds. The van der Waals surface area contributed by atoms with Crippen LogP contribution in [0.4, 0.5) is 0 Å². The Morgan fingerprint density at radius 2 is 1.11 bits per heavy atom. The summed E-state index contributed by atoms with van der Waals surface area (Å²) in [6.07, 6.45) is 10.0. The second-order valence-electron chi connectivity index (χ2n) is 13.4. The van der Waals surface area contributed by atoms with Gasteiger partial charge in [-0.2, -0.15) is 6.08 Å². The third kappa shape index (κ3) is 10.2. The fourth-order valence-corrected chi connectivity index (χ4v) is 8.94. The van der Waals surface area contributed by atoms with E-state index in [1.807, 2.05) is 12.2 Å². The van der Waals surface area contributed by atoms with Crippen molar-refractivity contribution in [2.75, 3.05) is 0 Å². The third-order valence-corrected chi connectivity index (χ3v) is 13.7. The largest absolute Gasteiger partial charge is 1.00 e. The number of benzene rings is 4. The molecule has 4 heteroatoms. The minimum atomic E-state index is -0.499. The SMILES string of the molecule is CC(C)(C)c1ccc2[cH-]c3ccc(C(C)(C)C)cc3c2c1.Cc1cccc([Si](=[Zr+2])c2cccc(C)c2)c1.[C-]1=CC=CC1.[Cl-].[Cl-]. The van der Waals surface area contributed by atoms with E-state index in [4.69, 9.17) is 0 Å². The summed E-state index contributed by atoms with van der Waals surface area (Å²) in [5, 5.41) is 8.56. The summed E-state index contributed by atoms with van der Waals surface area (Å²) in [4.78, 5) is 0. The molecule has 0 fully saturated rings. The maximum atomic E-state index is 2.99. The zero-order valence-corrected chi connectivity index (χ0v) is 32.3. The molecule has 0 atom stereocenters. The normalized spacial score (nSPS) is 12.0. The summed E-state index contributed by atoms with van der Waals surface area (Å²) in [5.41, 5.74) is 5.44. The molecular weight excluding hydrogens is 671 g/mol. The van der Waals surface area contributed by atoms with Gasteiger partial charge in [-0.05, 0) is 10.8 Å². The van der Waals surface area contributed by atoms with E-state index >= 15 is 0 Å². The molecule has 0 unspecified atom stereocenters. The van der Waals surface area contributed by atoms with Crippen LogP contribution in [-0.4, -0.2) is 5.43 Å². The minimum absolute atomic E-state index is 0. The van der Waals surface area contributed by atoms with Gasteiger partial charge in [-0.25, -0.2) is 12.2 Å². The summed E-state index contributed by atoms with van der Waals surface area (Å²) >= 11 is 1.65. The zero-order chi connectivity index (χ0) is 30.5. The van der Waals surface area contributed by atoms with Crippen LogP contribution in [0.2, 0.25) is 0 Å². The Hall–Kier alpha value is -2.09. The monoisotopic (exact) mass is 712 g/mol. The van der Waals surface area contributed by atoms with E-state index in [0.717, 1.165) is 6.42 Å². The van der Waals surface area contributed by atoms with E-state index < -0.39 is 5.43 Å². The van der Waals surface area contributed by atoms with Crippen molar-refractivity contribution < 1.29 is 48.1 Å². The Morgan fingerprint density at radius 1 is 0.659 bits per heavy atom. The number of fused-ring (bicyclic) bond motifs is 3. The first-order chi connectivity index (χ1) is 19.8. The number of rotatable bonds is 2. The van der Waals surface area contributed by atoms with Gasteiger partial charge in [0.2, 0.25) is 0 Å². The first-order valence-corrected chi connectivity index (χ1v) is 20.1. The molecule has 0 saturated carbocycles. The van der Waals surface area contributed by atoms with E-state index in [0.29, 0.717) is 0 Å². The molecule has 0 bridgehead atoms. The van der Waals surface area contributed by atoms with Crippen LogP contribution in [0.15, 0.2) is 109 Å². The minimum Gasteiger partial charge on any atom is -1.00 e. The second kappa shape index (κ2) is 16.5. The zero-order valence-electron chi connectivity index (χ0n) is 27.4. The fraction of sp³-hybridized carbons (Fsp3) is 0.275. The molecule has 228 valence electrons. The maximum absolute atomic E-state index is 2.99. The summed E-state index contributed by atoms with van der Waals surface area (Å²) in [6.45, 7) is 18.0. The summed E-state index contributed by atoms with van der Waals surface area (Å²) in [7, 11) is 0. The molecule has 1 aliphatic carbocycles. The quantitative estimate of drug-likeness (QED) is 0.194. The Balaban J connectivity index is 0.000000260. The Kier molecular flexibility index (Phi) is 14.3. The van der Waals surface area contributed by atoms with Gasteiger partial charge in [0.25, 0.3) is 0 Å². The average Bonchev–Trinajstić information content (AvgIpc) is 3.63. The molecule has 0 N–H and O–H groups in total. The Morgan fingerprint density at radius 3 is 1.43 bits per heavy atom. The summed E-state index contributed by atoms with van der Waals surface area (Å²) in [5.74, 6) is 0. The number of aryl methyl sites for hydroxylation is 2. The number of allylic oxidation sites excluding steroid dienone is 4. The van der Waals surface area contributed by atoms with Gasteiger partial charge in [-0.1, -0.05) is 76.9 Å². The molecule has 0 aromatic heterocycles. The molecule has 6 rings (SSSR count). The third-order valence-electron chi connectivity index (χ3n) is 7.64. The van der Waals surface area contributed by atoms with E-state index in [1.165, 1.54) is 54.2 Å². The molecule has 5 aromatic rings. The molecule has 0 aliphatic heterocycles. The smallest absolute Gasteiger partial charge is 0.109 e. The topological polar surface area (TPSA) is 0 Å². The molecule has 5 aromatic carbocycles. The predicted octanol–water partition coefficient (Wildman–Crippen LogP) is 3.58. The number of halogens is 2. The van der Waals surface area contributed by atoms with Gasteiger partial charge in [0.15, 0.2) is 0 Å². The molecule has 0 heterocycles. The van der Waals surface area contributed by atoms with Gasteiger partial charge >= 0.3 is 113 Å². The van der Waals surface area contributed by atoms with Crippen molar-refractivity contribution in [3.05, 3.63) is 138 Å². The molecule has 0 nitrogen and oxygen atoms in total. The summed E-state index contributed by atoms with van der Waals surface area (Å²) in [6, 6.07) is 34.1. The van der Waals surface area contributed by atoms with Crippen LogP contribution in [0.25, 0.3) is 21.5 Å². The van der Waals surface area contributed by atoms with E-state index in [-0.39, 0.29) is 35.6 Å². The maximum Gasteiger partial charge on any atom is -0.109 e. The van der Waals surface area contributed by atoms with Crippen molar-refractivity contribution >= 4 is 37.4 Å². The van der Waals surface area contributed by atoms with Crippen LogP contribution >= 0.6 is 0 Å². The van der Waals surface area contributed by atoms with Crippen molar-refractivity contribution in [2.24, 2.45) is 0 Å². The van der Waals surface area contributed by atoms with Crippen LogP contribution in [0.1, 0.15) is 70.2 Å². The Labute approximate surface area is 293 Å². The van der Waals surface area contributed by atoms with Crippen molar-refractivity contribution in [1.82, 2.24) is 0 Å². The van der Waals surface area contributed by atoms with Gasteiger partial charge in [0, 0.05) is 0 Å². The van der Waals surface area contributed by atoms with Gasteiger partial charge in [0.1, 0.15) is 0 Å². The number of hydrogen-bond donors (Lipinski definition) is 0. The standard InChI is InChI=1S/C21H25.C14H14Si.C5H5.2ClH.Zr/c1-20(2,3)16-9-7-14-11-15-8-10-17(21(4,5)6)13-19(15)18(14)12-16;1-11-5-3-7-13(9-11)15-14-8-4-6-12(2)10-14;1-2-4-5-3-1;;;/h7-13H,1-6H3;3-10H,1-2H3;1-3H,4H2;2*1H;/q-1;;-1;;;+2/p-2. The van der Waals surface area contributed by atoms with Crippen molar-refractivity contribution in [3.63, 3.8) is 0 Å². The van der Waals surface area contributed by atoms with Crippen molar-refractivity contribution in [3.8, 4) is 0 Å². The van der Waals surface area contributed by atoms with Gasteiger partial charge < -0.3 is 24.8 Å². The first-order valence-electron chi connectivity index (χ1n) is 14.9.